The molecule has 194 valence electrons. The molecular formula is C26H33N3O5S2. The number of nitrogens with zero attached hydrogens (tertiary/aromatic N) is 2. The zero-order valence-electron chi connectivity index (χ0n) is 21.0. The Kier molecular flexibility index (Phi) is 9.24. The lowest BCUT2D eigenvalue weighted by molar-refractivity contribution is 0.0526. The van der Waals surface area contributed by atoms with Crippen LogP contribution in [0.3, 0.4) is 0 Å². The quantitative estimate of drug-likeness (QED) is 0.343. The minimum absolute atomic E-state index is 0.0651. The van der Waals surface area contributed by atoms with Crippen molar-refractivity contribution in [2.24, 2.45) is 0 Å². The van der Waals surface area contributed by atoms with E-state index in [0.717, 1.165) is 17.0 Å². The predicted octanol–water partition coefficient (Wildman–Crippen LogP) is 4.31. The zero-order valence-corrected chi connectivity index (χ0v) is 22.6. The fourth-order valence-corrected chi connectivity index (χ4v) is 6.67. The van der Waals surface area contributed by atoms with Crippen molar-refractivity contribution < 1.29 is 22.7 Å². The van der Waals surface area contributed by atoms with Gasteiger partial charge in [0, 0.05) is 42.7 Å². The van der Waals surface area contributed by atoms with Gasteiger partial charge in [-0.05, 0) is 57.0 Å². The minimum atomic E-state index is -3.77. The highest BCUT2D eigenvalue weighted by atomic mass is 32.2. The highest BCUT2D eigenvalue weighted by Gasteiger charge is 2.30. The number of anilines is 1. The van der Waals surface area contributed by atoms with Crippen molar-refractivity contribution in [2.75, 3.05) is 31.6 Å². The maximum atomic E-state index is 13.1. The topological polar surface area (TPSA) is 96.0 Å². The van der Waals surface area contributed by atoms with Gasteiger partial charge < -0.3 is 10.1 Å². The van der Waals surface area contributed by atoms with Crippen LogP contribution >= 0.6 is 11.3 Å². The first-order chi connectivity index (χ1) is 17.1. The van der Waals surface area contributed by atoms with Crippen molar-refractivity contribution in [3.8, 4) is 0 Å². The van der Waals surface area contributed by atoms with Crippen molar-refractivity contribution in [1.82, 2.24) is 9.21 Å². The summed E-state index contributed by atoms with van der Waals surface area (Å²) in [5, 5.41) is 3.32. The fraction of sp³-hybridized carbons (Fsp3) is 0.385. The summed E-state index contributed by atoms with van der Waals surface area (Å²) in [7, 11) is -3.77. The molecule has 1 aliphatic heterocycles. The molecule has 1 aromatic heterocycles. The number of hydrogen-bond donors (Lipinski definition) is 1. The zero-order chi connectivity index (χ0) is 26.5. The Bertz CT molecular complexity index is 1220. The van der Waals surface area contributed by atoms with Crippen LogP contribution in [0, 0.1) is 0 Å². The van der Waals surface area contributed by atoms with E-state index in [4.69, 9.17) is 4.74 Å². The summed E-state index contributed by atoms with van der Waals surface area (Å²) in [5.74, 6) is -0.882. The van der Waals surface area contributed by atoms with E-state index in [9.17, 15) is 18.0 Å². The molecule has 2 aromatic rings. The average Bonchev–Trinajstić information content (AvgIpc) is 3.21. The molecule has 0 fully saturated rings. The SMILES string of the molecule is C=CCN(CC=C)S(=O)(=O)c1ccc(C(=O)Nc2sc3c(c2C(=O)OCC)CCN(C(C)C)C3)cc1. The number of sulfonamides is 1. The smallest absolute Gasteiger partial charge is 0.341 e. The van der Waals surface area contributed by atoms with Gasteiger partial charge in [-0.25, -0.2) is 13.2 Å². The second kappa shape index (κ2) is 12.0. The van der Waals surface area contributed by atoms with Gasteiger partial charge in [0.05, 0.1) is 17.1 Å². The minimum Gasteiger partial charge on any atom is -0.462 e. The highest BCUT2D eigenvalue weighted by Crippen LogP contribution is 2.38. The van der Waals surface area contributed by atoms with E-state index < -0.39 is 21.9 Å². The monoisotopic (exact) mass is 531 g/mol. The van der Waals surface area contributed by atoms with E-state index in [1.807, 2.05) is 0 Å². The molecule has 0 unspecified atom stereocenters. The molecule has 0 saturated heterocycles. The van der Waals surface area contributed by atoms with Crippen LogP contribution in [0.1, 0.15) is 51.9 Å². The predicted molar refractivity (Wildman–Crippen MR) is 143 cm³/mol. The largest absolute Gasteiger partial charge is 0.462 e. The number of benzene rings is 1. The molecule has 1 amide bonds. The third kappa shape index (κ3) is 5.95. The summed E-state index contributed by atoms with van der Waals surface area (Å²) in [5.41, 5.74) is 1.62. The summed E-state index contributed by atoms with van der Waals surface area (Å²) in [6.45, 7) is 15.3. The Morgan fingerprint density at radius 1 is 1.19 bits per heavy atom. The second-order valence-corrected chi connectivity index (χ2v) is 11.7. The van der Waals surface area contributed by atoms with Crippen LogP contribution in [-0.4, -0.2) is 61.8 Å². The van der Waals surface area contributed by atoms with Crippen LogP contribution in [0.15, 0.2) is 54.5 Å². The number of nitrogens with one attached hydrogen (secondary N) is 1. The summed E-state index contributed by atoms with van der Waals surface area (Å²) >= 11 is 1.39. The van der Waals surface area contributed by atoms with Gasteiger partial charge in [-0.1, -0.05) is 12.2 Å². The van der Waals surface area contributed by atoms with Crippen molar-refractivity contribution in [1.29, 1.82) is 0 Å². The summed E-state index contributed by atoms with van der Waals surface area (Å²) in [6.07, 6.45) is 3.71. The number of thiophene rings is 1. The molecule has 1 aliphatic rings. The normalized spacial score (nSPS) is 13.9. The van der Waals surface area contributed by atoms with Crippen LogP contribution in [0.2, 0.25) is 0 Å². The third-order valence-corrected chi connectivity index (χ3v) is 8.92. The van der Waals surface area contributed by atoms with E-state index >= 15 is 0 Å². The summed E-state index contributed by atoms with van der Waals surface area (Å²) in [4.78, 5) is 29.3. The molecule has 10 heteroatoms. The van der Waals surface area contributed by atoms with Gasteiger partial charge in [0.2, 0.25) is 10.0 Å². The molecule has 0 saturated carbocycles. The Morgan fingerprint density at radius 2 is 1.83 bits per heavy atom. The van der Waals surface area contributed by atoms with E-state index in [-0.39, 0.29) is 30.2 Å². The molecule has 0 radical (unpaired) electrons. The maximum Gasteiger partial charge on any atom is 0.341 e. The van der Waals surface area contributed by atoms with Gasteiger partial charge in [-0.2, -0.15) is 4.31 Å². The molecule has 1 aromatic carbocycles. The average molecular weight is 532 g/mol. The van der Waals surface area contributed by atoms with E-state index in [1.165, 1.54) is 52.1 Å². The van der Waals surface area contributed by atoms with E-state index in [2.05, 4.69) is 37.2 Å². The molecule has 3 rings (SSSR count). The first-order valence-electron chi connectivity index (χ1n) is 11.8. The van der Waals surface area contributed by atoms with Gasteiger partial charge >= 0.3 is 5.97 Å². The fourth-order valence-electron chi connectivity index (χ4n) is 4.03. The molecule has 0 atom stereocenters. The number of esters is 1. The van der Waals surface area contributed by atoms with Gasteiger partial charge in [0.25, 0.3) is 5.91 Å². The maximum absolute atomic E-state index is 13.1. The molecule has 2 heterocycles. The van der Waals surface area contributed by atoms with Gasteiger partial charge in [-0.3, -0.25) is 9.69 Å². The van der Waals surface area contributed by atoms with E-state index in [1.54, 1.807) is 6.92 Å². The lowest BCUT2D eigenvalue weighted by Crippen LogP contribution is -2.35. The van der Waals surface area contributed by atoms with Crippen molar-refractivity contribution in [2.45, 2.75) is 44.7 Å². The Balaban J connectivity index is 1.87. The van der Waals surface area contributed by atoms with Crippen LogP contribution in [0.4, 0.5) is 5.00 Å². The van der Waals surface area contributed by atoms with Gasteiger partial charge in [-0.15, -0.1) is 24.5 Å². The second-order valence-electron chi connectivity index (χ2n) is 8.62. The van der Waals surface area contributed by atoms with Crippen LogP contribution in [0.5, 0.6) is 0 Å². The first-order valence-corrected chi connectivity index (χ1v) is 14.1. The number of hydrogen-bond acceptors (Lipinski definition) is 7. The number of amides is 1. The lowest BCUT2D eigenvalue weighted by Gasteiger charge is -2.30. The van der Waals surface area contributed by atoms with Crippen LogP contribution < -0.4 is 5.32 Å². The van der Waals surface area contributed by atoms with Crippen LogP contribution in [-0.2, 0) is 27.7 Å². The first kappa shape index (κ1) is 27.8. The number of rotatable bonds is 11. The standard InChI is InChI=1S/C26H33N3O5S2/c1-6-14-29(15-7-2)36(32,33)20-11-9-19(10-12-20)24(30)27-25-23(26(31)34-8-3)21-13-16-28(18(4)5)17-22(21)35-25/h6-7,9-12,18H,1-2,8,13-17H2,3-5H3,(H,27,30). The van der Waals surface area contributed by atoms with Crippen molar-refractivity contribution in [3.05, 3.63) is 71.1 Å². The number of fused-ring (bicyclic) bond motifs is 1. The van der Waals surface area contributed by atoms with E-state index in [0.29, 0.717) is 29.6 Å². The summed E-state index contributed by atoms with van der Waals surface area (Å²) < 4.78 is 32.4. The van der Waals surface area contributed by atoms with Crippen molar-refractivity contribution in [3.63, 3.8) is 0 Å². The van der Waals surface area contributed by atoms with Crippen molar-refractivity contribution >= 4 is 38.2 Å². The number of ether oxygens (including phenoxy) is 1. The Labute approximate surface area is 217 Å². The van der Waals surface area contributed by atoms with Crippen LogP contribution in [0.25, 0.3) is 0 Å². The molecule has 0 spiro atoms. The summed E-state index contributed by atoms with van der Waals surface area (Å²) in [6, 6.07) is 6.08. The molecule has 0 bridgehead atoms. The Hall–Kier alpha value is -2.79. The molecule has 8 nitrogen and oxygen atoms in total. The Morgan fingerprint density at radius 3 is 2.39 bits per heavy atom. The molecule has 0 aliphatic carbocycles. The number of carbonyl (C=O) groups is 2. The number of carbonyl (C=O) groups excluding carboxylic acids is 2. The molecule has 1 N–H and O–H groups in total. The molecule has 36 heavy (non-hydrogen) atoms. The highest BCUT2D eigenvalue weighted by molar-refractivity contribution is 7.89. The van der Waals surface area contributed by atoms with Gasteiger partial charge in [0.15, 0.2) is 0 Å². The molecular weight excluding hydrogens is 498 g/mol. The lowest BCUT2D eigenvalue weighted by atomic mass is 10.0. The van der Waals surface area contributed by atoms with Gasteiger partial charge in [0.1, 0.15) is 5.00 Å². The third-order valence-electron chi connectivity index (χ3n) is 5.94.